The van der Waals surface area contributed by atoms with E-state index in [0.29, 0.717) is 6.04 Å². The number of ether oxygens (including phenoxy) is 1. The van der Waals surface area contributed by atoms with Crippen molar-refractivity contribution in [2.45, 2.75) is 31.8 Å². The molecule has 1 atom stereocenters. The molecule has 0 fully saturated rings. The third kappa shape index (κ3) is 3.11. The zero-order valence-corrected chi connectivity index (χ0v) is 9.78. The van der Waals surface area contributed by atoms with E-state index < -0.39 is 0 Å². The van der Waals surface area contributed by atoms with Gasteiger partial charge in [-0.15, -0.1) is 0 Å². The summed E-state index contributed by atoms with van der Waals surface area (Å²) in [6.45, 7) is 0.930. The number of allylic oxidation sites excluding steroid dienone is 1. The highest BCUT2D eigenvalue weighted by atomic mass is 16.5. The Balaban J connectivity index is 1.84. The van der Waals surface area contributed by atoms with Gasteiger partial charge in [0.25, 0.3) is 0 Å². The smallest absolute Gasteiger partial charge is 0.118 e. The second-order valence-electron chi connectivity index (χ2n) is 4.19. The van der Waals surface area contributed by atoms with Gasteiger partial charge in [0, 0.05) is 12.6 Å². The van der Waals surface area contributed by atoms with E-state index in [1.54, 1.807) is 7.11 Å². The summed E-state index contributed by atoms with van der Waals surface area (Å²) < 4.78 is 5.13. The van der Waals surface area contributed by atoms with E-state index in [9.17, 15) is 0 Å². The average Bonchev–Trinajstić information content (AvgIpc) is 2.38. The van der Waals surface area contributed by atoms with Gasteiger partial charge in [0.15, 0.2) is 0 Å². The second kappa shape index (κ2) is 5.71. The first-order valence-electron chi connectivity index (χ1n) is 5.91. The third-order valence-corrected chi connectivity index (χ3v) is 2.98. The van der Waals surface area contributed by atoms with Gasteiger partial charge in [-0.05, 0) is 37.0 Å². The Morgan fingerprint density at radius 1 is 1.31 bits per heavy atom. The molecule has 0 bridgehead atoms. The fourth-order valence-corrected chi connectivity index (χ4v) is 1.97. The summed E-state index contributed by atoms with van der Waals surface area (Å²) >= 11 is 0. The van der Waals surface area contributed by atoms with Gasteiger partial charge in [0.1, 0.15) is 5.75 Å². The Morgan fingerprint density at radius 2 is 2.12 bits per heavy atom. The van der Waals surface area contributed by atoms with Crippen LogP contribution in [0.2, 0.25) is 0 Å². The summed E-state index contributed by atoms with van der Waals surface area (Å²) in [7, 11) is 1.69. The molecule has 0 amide bonds. The molecule has 86 valence electrons. The first kappa shape index (κ1) is 11.2. The van der Waals surface area contributed by atoms with Crippen LogP contribution in [0.15, 0.2) is 36.4 Å². The summed E-state index contributed by atoms with van der Waals surface area (Å²) in [5, 5.41) is 3.55. The van der Waals surface area contributed by atoms with Crippen molar-refractivity contribution in [3.8, 4) is 5.75 Å². The Morgan fingerprint density at radius 3 is 2.75 bits per heavy atom. The Bertz CT molecular complexity index is 342. The monoisotopic (exact) mass is 217 g/mol. The van der Waals surface area contributed by atoms with Crippen LogP contribution in [0, 0.1) is 0 Å². The molecule has 0 saturated carbocycles. The minimum absolute atomic E-state index is 0.552. The highest BCUT2D eigenvalue weighted by Gasteiger charge is 2.06. The maximum atomic E-state index is 5.13. The van der Waals surface area contributed by atoms with Crippen LogP contribution in [0.4, 0.5) is 0 Å². The molecule has 0 aromatic heterocycles. The zero-order valence-electron chi connectivity index (χ0n) is 9.78. The number of methoxy groups -OCH3 is 1. The van der Waals surface area contributed by atoms with Crippen LogP contribution in [0.25, 0.3) is 0 Å². The van der Waals surface area contributed by atoms with Crippen molar-refractivity contribution in [2.75, 3.05) is 7.11 Å². The lowest BCUT2D eigenvalue weighted by atomic mass is 10.0. The van der Waals surface area contributed by atoms with E-state index >= 15 is 0 Å². The number of nitrogens with one attached hydrogen (secondary N) is 1. The van der Waals surface area contributed by atoms with E-state index in [4.69, 9.17) is 4.74 Å². The molecule has 2 heteroatoms. The van der Waals surface area contributed by atoms with Gasteiger partial charge in [0.05, 0.1) is 7.11 Å². The predicted molar refractivity (Wildman–Crippen MR) is 66.6 cm³/mol. The van der Waals surface area contributed by atoms with E-state index in [0.717, 1.165) is 12.3 Å². The van der Waals surface area contributed by atoms with Crippen LogP contribution in [-0.4, -0.2) is 13.2 Å². The van der Waals surface area contributed by atoms with Crippen LogP contribution in [0.5, 0.6) is 5.75 Å². The van der Waals surface area contributed by atoms with Crippen molar-refractivity contribution in [1.82, 2.24) is 5.32 Å². The van der Waals surface area contributed by atoms with Crippen LogP contribution in [-0.2, 0) is 6.54 Å². The van der Waals surface area contributed by atoms with Gasteiger partial charge in [-0.3, -0.25) is 0 Å². The van der Waals surface area contributed by atoms with E-state index in [2.05, 4.69) is 29.6 Å². The summed E-state index contributed by atoms with van der Waals surface area (Å²) in [6.07, 6.45) is 8.35. The third-order valence-electron chi connectivity index (χ3n) is 2.98. The van der Waals surface area contributed by atoms with Crippen LogP contribution in [0.3, 0.4) is 0 Å². The quantitative estimate of drug-likeness (QED) is 0.783. The molecule has 0 radical (unpaired) electrons. The van der Waals surface area contributed by atoms with Crippen molar-refractivity contribution in [1.29, 1.82) is 0 Å². The minimum Gasteiger partial charge on any atom is -0.497 e. The fraction of sp³-hybridized carbons (Fsp3) is 0.429. The molecular formula is C14H19NO. The van der Waals surface area contributed by atoms with Gasteiger partial charge in [0.2, 0.25) is 0 Å². The van der Waals surface area contributed by atoms with Gasteiger partial charge < -0.3 is 10.1 Å². The molecule has 1 aliphatic carbocycles. The number of benzene rings is 1. The van der Waals surface area contributed by atoms with Crippen molar-refractivity contribution >= 4 is 0 Å². The highest BCUT2D eigenvalue weighted by molar-refractivity contribution is 5.27. The van der Waals surface area contributed by atoms with E-state index in [1.807, 2.05) is 12.1 Å². The fourth-order valence-electron chi connectivity index (χ4n) is 1.97. The molecule has 1 unspecified atom stereocenters. The van der Waals surface area contributed by atoms with Gasteiger partial charge >= 0.3 is 0 Å². The molecule has 2 rings (SSSR count). The maximum absolute atomic E-state index is 5.13. The standard InChI is InChI=1S/C14H19NO/c1-16-14-9-7-12(8-10-14)11-15-13-5-3-2-4-6-13/h3,5,7-10,13,15H,2,4,6,11H2,1H3. The molecule has 16 heavy (non-hydrogen) atoms. The first-order valence-corrected chi connectivity index (χ1v) is 5.91. The Kier molecular flexibility index (Phi) is 4.00. The zero-order chi connectivity index (χ0) is 11.2. The molecule has 1 N–H and O–H groups in total. The number of rotatable bonds is 4. The molecule has 1 aromatic rings. The minimum atomic E-state index is 0.552. The SMILES string of the molecule is COc1ccc(CNC2C=CCCC2)cc1. The molecular weight excluding hydrogens is 198 g/mol. The predicted octanol–water partition coefficient (Wildman–Crippen LogP) is 2.89. The molecule has 1 aromatic carbocycles. The van der Waals surface area contributed by atoms with Crippen LogP contribution >= 0.6 is 0 Å². The molecule has 1 aliphatic rings. The summed E-state index contributed by atoms with van der Waals surface area (Å²) in [5.74, 6) is 0.918. The van der Waals surface area contributed by atoms with Crippen LogP contribution < -0.4 is 10.1 Å². The van der Waals surface area contributed by atoms with E-state index in [1.165, 1.54) is 24.8 Å². The topological polar surface area (TPSA) is 21.3 Å². The highest BCUT2D eigenvalue weighted by Crippen LogP contribution is 2.13. The molecule has 0 saturated heterocycles. The first-order chi connectivity index (χ1) is 7.88. The normalized spacial score (nSPS) is 19.7. The van der Waals surface area contributed by atoms with Gasteiger partial charge in [-0.2, -0.15) is 0 Å². The average molecular weight is 217 g/mol. The lowest BCUT2D eigenvalue weighted by Crippen LogP contribution is -2.27. The van der Waals surface area contributed by atoms with Crippen LogP contribution in [0.1, 0.15) is 24.8 Å². The molecule has 0 spiro atoms. The largest absolute Gasteiger partial charge is 0.497 e. The Labute approximate surface area is 97.3 Å². The summed E-state index contributed by atoms with van der Waals surface area (Å²) in [4.78, 5) is 0. The lowest BCUT2D eigenvalue weighted by molar-refractivity contribution is 0.414. The Hall–Kier alpha value is -1.28. The molecule has 0 aliphatic heterocycles. The second-order valence-corrected chi connectivity index (χ2v) is 4.19. The summed E-state index contributed by atoms with van der Waals surface area (Å²) in [6, 6.07) is 8.79. The van der Waals surface area contributed by atoms with Gasteiger partial charge in [-0.1, -0.05) is 24.3 Å². The lowest BCUT2D eigenvalue weighted by Gasteiger charge is -2.18. The molecule has 2 nitrogen and oxygen atoms in total. The maximum Gasteiger partial charge on any atom is 0.118 e. The van der Waals surface area contributed by atoms with Gasteiger partial charge in [-0.25, -0.2) is 0 Å². The number of hydrogen-bond donors (Lipinski definition) is 1. The van der Waals surface area contributed by atoms with Crippen molar-refractivity contribution in [2.24, 2.45) is 0 Å². The molecule has 0 heterocycles. The van der Waals surface area contributed by atoms with Crippen molar-refractivity contribution < 1.29 is 4.74 Å². The van der Waals surface area contributed by atoms with E-state index in [-0.39, 0.29) is 0 Å². The van der Waals surface area contributed by atoms with Crippen molar-refractivity contribution in [3.05, 3.63) is 42.0 Å². The summed E-state index contributed by atoms with van der Waals surface area (Å²) in [5.41, 5.74) is 1.31. The van der Waals surface area contributed by atoms with Crippen molar-refractivity contribution in [3.63, 3.8) is 0 Å². The number of hydrogen-bond acceptors (Lipinski definition) is 2.